The van der Waals surface area contributed by atoms with Gasteiger partial charge in [-0.2, -0.15) is 0 Å². The van der Waals surface area contributed by atoms with Gasteiger partial charge in [0.25, 0.3) is 0 Å². The van der Waals surface area contributed by atoms with Crippen molar-refractivity contribution in [1.29, 1.82) is 0 Å². The van der Waals surface area contributed by atoms with E-state index in [9.17, 15) is 0 Å². The van der Waals surface area contributed by atoms with Crippen LogP contribution in [0.4, 0.5) is 0 Å². The summed E-state index contributed by atoms with van der Waals surface area (Å²) in [5.41, 5.74) is 6.14. The molecule has 1 aromatic rings. The second-order valence-corrected chi connectivity index (χ2v) is 5.94. The molecule has 0 aliphatic carbocycles. The lowest BCUT2D eigenvalue weighted by Gasteiger charge is -2.36. The van der Waals surface area contributed by atoms with Gasteiger partial charge >= 0.3 is 0 Å². The summed E-state index contributed by atoms with van der Waals surface area (Å²) < 4.78 is 0. The molecule has 16 heavy (non-hydrogen) atoms. The summed E-state index contributed by atoms with van der Waals surface area (Å²) in [6.07, 6.45) is 3.64. The van der Waals surface area contributed by atoms with Crippen LogP contribution in [0, 0.1) is 5.92 Å². The van der Waals surface area contributed by atoms with Crippen LogP contribution in [0.2, 0.25) is 0 Å². The minimum Gasteiger partial charge on any atom is -0.327 e. The van der Waals surface area contributed by atoms with Crippen molar-refractivity contribution in [2.24, 2.45) is 11.7 Å². The van der Waals surface area contributed by atoms with Gasteiger partial charge in [-0.3, -0.25) is 0 Å². The molecule has 0 aromatic carbocycles. The SMILES string of the molecule is CCCN1CC(N)CC(Cc2cccs2)C1. The Morgan fingerprint density at radius 3 is 3.06 bits per heavy atom. The minimum absolute atomic E-state index is 0.380. The Balaban J connectivity index is 1.89. The number of hydrogen-bond acceptors (Lipinski definition) is 3. The Labute approximate surface area is 102 Å². The third kappa shape index (κ3) is 3.30. The first-order chi connectivity index (χ1) is 7.78. The van der Waals surface area contributed by atoms with Crippen LogP contribution in [0.25, 0.3) is 0 Å². The fraction of sp³-hybridized carbons (Fsp3) is 0.692. The fourth-order valence-corrected chi connectivity index (χ4v) is 3.53. The third-order valence-electron chi connectivity index (χ3n) is 3.25. The van der Waals surface area contributed by atoms with Gasteiger partial charge in [-0.25, -0.2) is 0 Å². The number of likely N-dealkylation sites (tertiary alicyclic amines) is 1. The average Bonchev–Trinajstić information content (AvgIpc) is 2.70. The van der Waals surface area contributed by atoms with Gasteiger partial charge in [0.1, 0.15) is 0 Å². The average molecular weight is 238 g/mol. The van der Waals surface area contributed by atoms with E-state index in [-0.39, 0.29) is 0 Å². The van der Waals surface area contributed by atoms with Crippen molar-refractivity contribution in [3.8, 4) is 0 Å². The molecule has 0 saturated carbocycles. The van der Waals surface area contributed by atoms with E-state index in [4.69, 9.17) is 5.73 Å². The lowest BCUT2D eigenvalue weighted by molar-refractivity contribution is 0.157. The van der Waals surface area contributed by atoms with Crippen LogP contribution in [0.5, 0.6) is 0 Å². The number of hydrogen-bond donors (Lipinski definition) is 1. The monoisotopic (exact) mass is 238 g/mol. The Kier molecular flexibility index (Phi) is 4.38. The second-order valence-electron chi connectivity index (χ2n) is 4.90. The van der Waals surface area contributed by atoms with Crippen molar-refractivity contribution >= 4 is 11.3 Å². The molecule has 1 aliphatic rings. The van der Waals surface area contributed by atoms with Crippen LogP contribution in [0.3, 0.4) is 0 Å². The molecule has 2 rings (SSSR count). The first kappa shape index (κ1) is 12.1. The van der Waals surface area contributed by atoms with Gasteiger partial charge in [0.05, 0.1) is 0 Å². The number of rotatable bonds is 4. The van der Waals surface area contributed by atoms with Crippen molar-refractivity contribution in [1.82, 2.24) is 4.90 Å². The van der Waals surface area contributed by atoms with Gasteiger partial charge in [-0.05, 0) is 43.2 Å². The lowest BCUT2D eigenvalue weighted by atomic mass is 9.91. The molecule has 0 radical (unpaired) electrons. The summed E-state index contributed by atoms with van der Waals surface area (Å²) in [4.78, 5) is 4.04. The largest absolute Gasteiger partial charge is 0.327 e. The predicted molar refractivity (Wildman–Crippen MR) is 70.8 cm³/mol. The Morgan fingerprint density at radius 2 is 2.38 bits per heavy atom. The number of nitrogens with two attached hydrogens (primary N) is 1. The summed E-state index contributed by atoms with van der Waals surface area (Å²) in [6.45, 7) is 5.78. The normalized spacial score (nSPS) is 27.1. The molecular weight excluding hydrogens is 216 g/mol. The molecule has 2 N–H and O–H groups in total. The van der Waals surface area contributed by atoms with Crippen LogP contribution in [-0.2, 0) is 6.42 Å². The van der Waals surface area contributed by atoms with Crippen molar-refractivity contribution < 1.29 is 0 Å². The number of thiophene rings is 1. The Bertz CT molecular complexity index is 297. The summed E-state index contributed by atoms with van der Waals surface area (Å²) in [5.74, 6) is 0.758. The van der Waals surface area contributed by atoms with Crippen LogP contribution >= 0.6 is 11.3 Å². The van der Waals surface area contributed by atoms with Gasteiger partial charge < -0.3 is 10.6 Å². The molecular formula is C13H22N2S. The zero-order chi connectivity index (χ0) is 11.4. The van der Waals surface area contributed by atoms with E-state index in [1.165, 1.54) is 37.2 Å². The van der Waals surface area contributed by atoms with Gasteiger partial charge in [0.15, 0.2) is 0 Å². The highest BCUT2D eigenvalue weighted by Gasteiger charge is 2.24. The molecule has 3 heteroatoms. The molecule has 1 aromatic heterocycles. The van der Waals surface area contributed by atoms with Crippen LogP contribution in [0.15, 0.2) is 17.5 Å². The second kappa shape index (κ2) is 5.80. The Hall–Kier alpha value is -0.380. The van der Waals surface area contributed by atoms with Gasteiger partial charge in [-0.1, -0.05) is 13.0 Å². The van der Waals surface area contributed by atoms with Crippen molar-refractivity contribution in [3.05, 3.63) is 22.4 Å². The molecule has 0 amide bonds. The smallest absolute Gasteiger partial charge is 0.0171 e. The molecule has 2 atom stereocenters. The summed E-state index contributed by atoms with van der Waals surface area (Å²) in [7, 11) is 0. The lowest BCUT2D eigenvalue weighted by Crippen LogP contribution is -2.47. The molecule has 2 nitrogen and oxygen atoms in total. The van der Waals surface area contributed by atoms with Crippen LogP contribution in [0.1, 0.15) is 24.6 Å². The van der Waals surface area contributed by atoms with Crippen LogP contribution in [-0.4, -0.2) is 30.6 Å². The Morgan fingerprint density at radius 1 is 1.50 bits per heavy atom. The number of nitrogens with zero attached hydrogens (tertiary/aromatic N) is 1. The zero-order valence-electron chi connectivity index (χ0n) is 10.1. The zero-order valence-corrected chi connectivity index (χ0v) is 10.9. The van der Waals surface area contributed by atoms with Crippen molar-refractivity contribution in [3.63, 3.8) is 0 Å². The van der Waals surface area contributed by atoms with Crippen LogP contribution < -0.4 is 5.73 Å². The maximum absolute atomic E-state index is 6.14. The fourth-order valence-electron chi connectivity index (χ4n) is 2.71. The summed E-state index contributed by atoms with van der Waals surface area (Å²) in [6, 6.07) is 4.77. The molecule has 0 bridgehead atoms. The highest BCUT2D eigenvalue weighted by molar-refractivity contribution is 7.09. The maximum atomic E-state index is 6.14. The highest BCUT2D eigenvalue weighted by atomic mass is 32.1. The molecule has 2 heterocycles. The predicted octanol–water partition coefficient (Wildman–Crippen LogP) is 2.35. The van der Waals surface area contributed by atoms with E-state index in [0.717, 1.165) is 12.5 Å². The van der Waals surface area contributed by atoms with Gasteiger partial charge in [0, 0.05) is 24.0 Å². The standard InChI is InChI=1S/C13H22N2S/c1-2-5-15-9-11(7-12(14)10-15)8-13-4-3-6-16-13/h3-4,6,11-12H,2,5,7-10,14H2,1H3. The first-order valence-electron chi connectivity index (χ1n) is 6.28. The quantitative estimate of drug-likeness (QED) is 0.872. The third-order valence-corrected chi connectivity index (χ3v) is 4.15. The highest BCUT2D eigenvalue weighted by Crippen LogP contribution is 2.22. The topological polar surface area (TPSA) is 29.3 Å². The molecule has 90 valence electrons. The molecule has 0 spiro atoms. The van der Waals surface area contributed by atoms with E-state index in [1.807, 2.05) is 11.3 Å². The van der Waals surface area contributed by atoms with Gasteiger partial charge in [0.2, 0.25) is 0 Å². The number of piperidine rings is 1. The van der Waals surface area contributed by atoms with E-state index >= 15 is 0 Å². The van der Waals surface area contributed by atoms with Crippen molar-refractivity contribution in [2.45, 2.75) is 32.2 Å². The van der Waals surface area contributed by atoms with E-state index < -0.39 is 0 Å². The van der Waals surface area contributed by atoms with Crippen molar-refractivity contribution in [2.75, 3.05) is 19.6 Å². The molecule has 2 unspecified atom stereocenters. The van der Waals surface area contributed by atoms with E-state index in [1.54, 1.807) is 0 Å². The van der Waals surface area contributed by atoms with E-state index in [0.29, 0.717) is 6.04 Å². The molecule has 1 saturated heterocycles. The summed E-state index contributed by atoms with van der Waals surface area (Å²) >= 11 is 1.87. The maximum Gasteiger partial charge on any atom is 0.0171 e. The molecule has 1 aliphatic heterocycles. The first-order valence-corrected chi connectivity index (χ1v) is 7.16. The summed E-state index contributed by atoms with van der Waals surface area (Å²) in [5, 5.41) is 2.17. The minimum atomic E-state index is 0.380. The molecule has 1 fully saturated rings. The van der Waals surface area contributed by atoms with Gasteiger partial charge in [-0.15, -0.1) is 11.3 Å². The van der Waals surface area contributed by atoms with E-state index in [2.05, 4.69) is 29.3 Å².